The average Bonchev–Trinajstić information content (AvgIpc) is 2.95. The molecular formula is C16H17N3O2. The van der Waals surface area contributed by atoms with Crippen LogP contribution >= 0.6 is 0 Å². The summed E-state index contributed by atoms with van der Waals surface area (Å²) in [5.74, 6) is 1.19. The molecular weight excluding hydrogens is 266 g/mol. The molecule has 1 aliphatic carbocycles. The first-order valence-corrected chi connectivity index (χ1v) is 7.41. The average molecular weight is 283 g/mol. The van der Waals surface area contributed by atoms with Gasteiger partial charge in [-0.3, -0.25) is 4.79 Å². The monoisotopic (exact) mass is 283 g/mol. The predicted octanol–water partition coefficient (Wildman–Crippen LogP) is 2.12. The summed E-state index contributed by atoms with van der Waals surface area (Å²) >= 11 is 0. The van der Waals surface area contributed by atoms with Gasteiger partial charge in [0.25, 0.3) is 0 Å². The van der Waals surface area contributed by atoms with E-state index in [0.29, 0.717) is 6.54 Å². The Balaban J connectivity index is 1.52. The number of carbonyl (C=O) groups is 1. The quantitative estimate of drug-likeness (QED) is 0.865. The summed E-state index contributed by atoms with van der Waals surface area (Å²) in [6.45, 7) is 1.49. The largest absolute Gasteiger partial charge is 0.343 e. The topological polar surface area (TPSA) is 59.2 Å². The van der Waals surface area contributed by atoms with Gasteiger partial charge in [0, 0.05) is 19.0 Å². The van der Waals surface area contributed by atoms with E-state index in [1.54, 1.807) is 0 Å². The molecule has 2 aromatic rings. The molecule has 0 radical (unpaired) electrons. The lowest BCUT2D eigenvalue weighted by Crippen LogP contribution is -2.37. The fourth-order valence-electron chi connectivity index (χ4n) is 3.33. The first-order chi connectivity index (χ1) is 10.3. The van der Waals surface area contributed by atoms with E-state index < -0.39 is 0 Å². The first-order valence-electron chi connectivity index (χ1n) is 7.41. The van der Waals surface area contributed by atoms with Crippen LogP contribution in [0, 0.1) is 0 Å². The SMILES string of the molecule is O=C(N1CC[C@@H](c2ncon2)C1)C1(c2ccccc2)CC1. The Labute approximate surface area is 123 Å². The van der Waals surface area contributed by atoms with Crippen LogP contribution in [0.1, 0.15) is 36.6 Å². The normalized spacial score (nSPS) is 23.2. The minimum absolute atomic E-state index is 0.208. The molecule has 4 rings (SSSR count). The first kappa shape index (κ1) is 12.6. The highest BCUT2D eigenvalue weighted by atomic mass is 16.5. The molecule has 5 heteroatoms. The highest BCUT2D eigenvalue weighted by Crippen LogP contribution is 2.50. The van der Waals surface area contributed by atoms with Crippen molar-refractivity contribution in [3.05, 3.63) is 48.1 Å². The van der Waals surface area contributed by atoms with Crippen molar-refractivity contribution in [1.82, 2.24) is 15.0 Å². The van der Waals surface area contributed by atoms with E-state index in [0.717, 1.165) is 37.2 Å². The van der Waals surface area contributed by atoms with Crippen molar-refractivity contribution in [2.24, 2.45) is 0 Å². The summed E-state index contributed by atoms with van der Waals surface area (Å²) in [5, 5.41) is 3.90. The maximum absolute atomic E-state index is 12.9. The van der Waals surface area contributed by atoms with E-state index in [9.17, 15) is 4.79 Å². The van der Waals surface area contributed by atoms with Crippen molar-refractivity contribution in [2.45, 2.75) is 30.6 Å². The van der Waals surface area contributed by atoms with Crippen molar-refractivity contribution < 1.29 is 9.32 Å². The standard InChI is InChI=1S/C16H17N3O2/c20-15(16(7-8-16)13-4-2-1-3-5-13)19-9-6-12(10-19)14-17-11-21-18-14/h1-5,11-12H,6-10H2/t12-/m1/s1. The highest BCUT2D eigenvalue weighted by Gasteiger charge is 2.53. The number of nitrogens with zero attached hydrogens (tertiary/aromatic N) is 3. The summed E-state index contributed by atoms with van der Waals surface area (Å²) in [4.78, 5) is 19.0. The maximum Gasteiger partial charge on any atom is 0.233 e. The van der Waals surface area contributed by atoms with Gasteiger partial charge in [-0.05, 0) is 24.8 Å². The Hall–Kier alpha value is -2.17. The third kappa shape index (κ3) is 2.04. The minimum atomic E-state index is -0.270. The second-order valence-electron chi connectivity index (χ2n) is 5.97. The van der Waals surface area contributed by atoms with Gasteiger partial charge in [-0.15, -0.1) is 0 Å². The van der Waals surface area contributed by atoms with Gasteiger partial charge in [0.1, 0.15) is 0 Å². The van der Waals surface area contributed by atoms with E-state index in [2.05, 4.69) is 22.3 Å². The van der Waals surface area contributed by atoms with Gasteiger partial charge in [0.15, 0.2) is 5.82 Å². The summed E-state index contributed by atoms with van der Waals surface area (Å²) in [7, 11) is 0. The summed E-state index contributed by atoms with van der Waals surface area (Å²) in [6.07, 6.45) is 4.18. The van der Waals surface area contributed by atoms with Crippen LogP contribution in [0.15, 0.2) is 41.2 Å². The third-order valence-corrected chi connectivity index (χ3v) is 4.70. The van der Waals surface area contributed by atoms with Crippen molar-refractivity contribution in [1.29, 1.82) is 0 Å². The molecule has 1 atom stereocenters. The number of carbonyl (C=O) groups excluding carboxylic acids is 1. The fourth-order valence-corrected chi connectivity index (χ4v) is 3.33. The second kappa shape index (κ2) is 4.69. The zero-order valence-electron chi connectivity index (χ0n) is 11.7. The van der Waals surface area contributed by atoms with Crippen LogP contribution in [-0.2, 0) is 10.2 Å². The van der Waals surface area contributed by atoms with Crippen molar-refractivity contribution in [3.8, 4) is 0 Å². The molecule has 1 saturated carbocycles. The molecule has 5 nitrogen and oxygen atoms in total. The molecule has 1 amide bonds. The fraction of sp³-hybridized carbons (Fsp3) is 0.438. The number of hydrogen-bond acceptors (Lipinski definition) is 4. The molecule has 0 spiro atoms. The molecule has 1 aliphatic heterocycles. The van der Waals surface area contributed by atoms with Crippen LogP contribution in [0.2, 0.25) is 0 Å². The summed E-state index contributed by atoms with van der Waals surface area (Å²) < 4.78 is 4.81. The molecule has 2 aliphatic rings. The predicted molar refractivity (Wildman–Crippen MR) is 75.6 cm³/mol. The number of hydrogen-bond donors (Lipinski definition) is 0. The Kier molecular flexibility index (Phi) is 2.80. The van der Waals surface area contributed by atoms with Crippen molar-refractivity contribution >= 4 is 5.91 Å². The van der Waals surface area contributed by atoms with Gasteiger partial charge in [0.05, 0.1) is 5.41 Å². The molecule has 1 saturated heterocycles. The van der Waals surface area contributed by atoms with Gasteiger partial charge < -0.3 is 9.42 Å². The van der Waals surface area contributed by atoms with Crippen LogP contribution in [0.5, 0.6) is 0 Å². The Bertz CT molecular complexity index is 635. The van der Waals surface area contributed by atoms with Crippen LogP contribution in [0.3, 0.4) is 0 Å². The van der Waals surface area contributed by atoms with Gasteiger partial charge in [-0.2, -0.15) is 4.98 Å². The van der Waals surface area contributed by atoms with Gasteiger partial charge in [-0.1, -0.05) is 35.5 Å². The Morgan fingerprint density at radius 1 is 1.29 bits per heavy atom. The summed E-state index contributed by atoms with van der Waals surface area (Å²) in [6, 6.07) is 10.1. The van der Waals surface area contributed by atoms with Crippen LogP contribution < -0.4 is 0 Å². The van der Waals surface area contributed by atoms with Gasteiger partial charge in [-0.25, -0.2) is 0 Å². The van der Waals surface area contributed by atoms with Crippen LogP contribution in [-0.4, -0.2) is 34.0 Å². The van der Waals surface area contributed by atoms with Gasteiger partial charge >= 0.3 is 0 Å². The van der Waals surface area contributed by atoms with E-state index in [1.807, 2.05) is 23.1 Å². The van der Waals surface area contributed by atoms with E-state index in [4.69, 9.17) is 4.52 Å². The van der Waals surface area contributed by atoms with Crippen LogP contribution in [0.25, 0.3) is 0 Å². The van der Waals surface area contributed by atoms with Crippen LogP contribution in [0.4, 0.5) is 0 Å². The Morgan fingerprint density at radius 2 is 2.10 bits per heavy atom. The van der Waals surface area contributed by atoms with E-state index >= 15 is 0 Å². The number of rotatable bonds is 3. The molecule has 108 valence electrons. The van der Waals surface area contributed by atoms with Gasteiger partial charge in [0.2, 0.25) is 12.3 Å². The van der Waals surface area contributed by atoms with E-state index in [-0.39, 0.29) is 17.2 Å². The van der Waals surface area contributed by atoms with Crippen molar-refractivity contribution in [2.75, 3.05) is 13.1 Å². The Morgan fingerprint density at radius 3 is 2.76 bits per heavy atom. The molecule has 0 bridgehead atoms. The second-order valence-corrected chi connectivity index (χ2v) is 5.97. The lowest BCUT2D eigenvalue weighted by molar-refractivity contribution is -0.132. The molecule has 2 fully saturated rings. The number of amides is 1. The number of likely N-dealkylation sites (tertiary alicyclic amines) is 1. The number of benzene rings is 1. The molecule has 0 unspecified atom stereocenters. The zero-order valence-corrected chi connectivity index (χ0v) is 11.7. The summed E-state index contributed by atoms with van der Waals surface area (Å²) in [5.41, 5.74) is 0.881. The van der Waals surface area contributed by atoms with E-state index in [1.165, 1.54) is 6.39 Å². The molecule has 1 aromatic carbocycles. The maximum atomic E-state index is 12.9. The molecule has 2 heterocycles. The number of aromatic nitrogens is 2. The molecule has 0 N–H and O–H groups in total. The third-order valence-electron chi connectivity index (χ3n) is 4.70. The molecule has 21 heavy (non-hydrogen) atoms. The minimum Gasteiger partial charge on any atom is -0.343 e. The smallest absolute Gasteiger partial charge is 0.233 e. The lowest BCUT2D eigenvalue weighted by Gasteiger charge is -2.23. The van der Waals surface area contributed by atoms with Crippen molar-refractivity contribution in [3.63, 3.8) is 0 Å². The lowest BCUT2D eigenvalue weighted by atomic mass is 9.94. The molecule has 1 aromatic heterocycles. The highest BCUT2D eigenvalue weighted by molar-refractivity contribution is 5.91. The zero-order chi connectivity index (χ0) is 14.3.